The predicted molar refractivity (Wildman–Crippen MR) is 79.5 cm³/mol. The number of thiazole rings is 1. The summed E-state index contributed by atoms with van der Waals surface area (Å²) in [5, 5.41) is 7.49. The van der Waals surface area contributed by atoms with E-state index in [0.29, 0.717) is 0 Å². The molecule has 0 bridgehead atoms. The van der Waals surface area contributed by atoms with Crippen molar-refractivity contribution in [3.8, 4) is 11.3 Å². The highest BCUT2D eigenvalue weighted by Gasteiger charge is 2.03. The van der Waals surface area contributed by atoms with Crippen molar-refractivity contribution in [3.63, 3.8) is 0 Å². The zero-order valence-electron chi connectivity index (χ0n) is 9.80. The van der Waals surface area contributed by atoms with Gasteiger partial charge < -0.3 is 0 Å². The van der Waals surface area contributed by atoms with Crippen LogP contribution in [0, 0.1) is 0 Å². The van der Waals surface area contributed by atoms with Crippen LogP contribution in [0.3, 0.4) is 0 Å². The van der Waals surface area contributed by atoms with Crippen LogP contribution in [0.4, 0.5) is 5.13 Å². The van der Waals surface area contributed by atoms with Crippen molar-refractivity contribution < 1.29 is 0 Å². The van der Waals surface area contributed by atoms with E-state index in [1.807, 2.05) is 48.7 Å². The van der Waals surface area contributed by atoms with Crippen LogP contribution < -0.4 is 5.43 Å². The molecule has 1 aromatic heterocycles. The maximum Gasteiger partial charge on any atom is 0.203 e. The summed E-state index contributed by atoms with van der Waals surface area (Å²) in [4.78, 5) is 4.43. The first-order valence-corrected chi connectivity index (χ1v) is 6.67. The molecule has 0 saturated heterocycles. The number of rotatable bonds is 4. The molecule has 1 N–H and O–H groups in total. The normalized spacial score (nSPS) is 11.4. The molecular formula is C13H12ClN3S. The zero-order chi connectivity index (χ0) is 12.8. The maximum atomic E-state index is 5.85. The van der Waals surface area contributed by atoms with E-state index >= 15 is 0 Å². The van der Waals surface area contributed by atoms with Gasteiger partial charge in [0, 0.05) is 22.2 Å². The number of hydrogen-bond donors (Lipinski definition) is 1. The fourth-order valence-corrected chi connectivity index (χ4v) is 2.09. The fourth-order valence-electron chi connectivity index (χ4n) is 1.30. The van der Waals surface area contributed by atoms with Crippen LogP contribution in [0.5, 0.6) is 0 Å². The highest BCUT2D eigenvalue weighted by molar-refractivity contribution is 7.14. The monoisotopic (exact) mass is 277 g/mol. The smallest absolute Gasteiger partial charge is 0.203 e. The van der Waals surface area contributed by atoms with Gasteiger partial charge in [0.05, 0.1) is 5.69 Å². The molecule has 0 aliphatic carbocycles. The second kappa shape index (κ2) is 6.33. The summed E-state index contributed by atoms with van der Waals surface area (Å²) in [5.74, 6) is 0. The van der Waals surface area contributed by atoms with Gasteiger partial charge >= 0.3 is 0 Å². The lowest BCUT2D eigenvalue weighted by molar-refractivity contribution is 1.29. The summed E-state index contributed by atoms with van der Waals surface area (Å²) in [6.45, 7) is 1.94. The Morgan fingerprint density at radius 3 is 2.83 bits per heavy atom. The summed E-state index contributed by atoms with van der Waals surface area (Å²) >= 11 is 7.36. The summed E-state index contributed by atoms with van der Waals surface area (Å²) < 4.78 is 0. The van der Waals surface area contributed by atoms with Crippen molar-refractivity contribution >= 4 is 34.3 Å². The van der Waals surface area contributed by atoms with Gasteiger partial charge in [-0.05, 0) is 25.1 Å². The SMILES string of the molecule is CC=CC=NNc1nc(-c2ccc(Cl)cc2)cs1. The van der Waals surface area contributed by atoms with Gasteiger partial charge in [-0.15, -0.1) is 11.3 Å². The molecule has 0 spiro atoms. The van der Waals surface area contributed by atoms with Crippen LogP contribution in [0.15, 0.2) is 46.9 Å². The lowest BCUT2D eigenvalue weighted by atomic mass is 10.2. The van der Waals surface area contributed by atoms with Crippen molar-refractivity contribution in [1.82, 2.24) is 4.98 Å². The van der Waals surface area contributed by atoms with Crippen molar-refractivity contribution in [2.24, 2.45) is 5.10 Å². The third kappa shape index (κ3) is 3.42. The summed E-state index contributed by atoms with van der Waals surface area (Å²) in [7, 11) is 0. The number of halogens is 1. The van der Waals surface area contributed by atoms with Gasteiger partial charge in [0.1, 0.15) is 0 Å². The second-order valence-corrected chi connectivity index (χ2v) is 4.76. The minimum atomic E-state index is 0.725. The molecule has 5 heteroatoms. The van der Waals surface area contributed by atoms with E-state index in [2.05, 4.69) is 15.5 Å². The Morgan fingerprint density at radius 2 is 2.11 bits per heavy atom. The van der Waals surface area contributed by atoms with Crippen LogP contribution >= 0.6 is 22.9 Å². The van der Waals surface area contributed by atoms with Crippen LogP contribution in [-0.4, -0.2) is 11.2 Å². The molecule has 0 saturated carbocycles. The summed E-state index contributed by atoms with van der Waals surface area (Å²) in [6, 6.07) is 7.61. The van der Waals surface area contributed by atoms with Crippen molar-refractivity contribution in [2.45, 2.75) is 6.92 Å². The second-order valence-electron chi connectivity index (χ2n) is 3.46. The molecule has 18 heavy (non-hydrogen) atoms. The number of aromatic nitrogens is 1. The van der Waals surface area contributed by atoms with Crippen LogP contribution in [0.2, 0.25) is 5.02 Å². The van der Waals surface area contributed by atoms with E-state index in [4.69, 9.17) is 11.6 Å². The first kappa shape index (κ1) is 12.8. The average Bonchev–Trinajstić information content (AvgIpc) is 2.84. The Balaban J connectivity index is 2.08. The molecule has 0 aliphatic heterocycles. The summed E-state index contributed by atoms with van der Waals surface area (Å²) in [6.07, 6.45) is 5.44. The first-order chi connectivity index (χ1) is 8.79. The number of nitrogens with one attached hydrogen (secondary N) is 1. The van der Waals surface area contributed by atoms with E-state index in [1.165, 1.54) is 11.3 Å². The number of allylic oxidation sites excluding steroid dienone is 2. The number of hydrogen-bond acceptors (Lipinski definition) is 4. The maximum absolute atomic E-state index is 5.85. The molecule has 3 nitrogen and oxygen atoms in total. The highest BCUT2D eigenvalue weighted by Crippen LogP contribution is 2.25. The van der Waals surface area contributed by atoms with Gasteiger partial charge in [-0.3, -0.25) is 5.43 Å². The lowest BCUT2D eigenvalue weighted by Crippen LogP contribution is -1.87. The minimum absolute atomic E-state index is 0.725. The molecule has 1 heterocycles. The Kier molecular flexibility index (Phi) is 4.50. The minimum Gasteiger partial charge on any atom is -0.253 e. The topological polar surface area (TPSA) is 37.3 Å². The van der Waals surface area contributed by atoms with E-state index in [0.717, 1.165) is 21.4 Å². The Bertz CT molecular complexity index is 558. The van der Waals surface area contributed by atoms with Gasteiger partial charge in [-0.2, -0.15) is 5.10 Å². The largest absolute Gasteiger partial charge is 0.253 e. The number of anilines is 1. The van der Waals surface area contributed by atoms with Gasteiger partial charge in [0.15, 0.2) is 0 Å². The van der Waals surface area contributed by atoms with Crippen molar-refractivity contribution in [2.75, 3.05) is 5.43 Å². The third-order valence-corrected chi connectivity index (χ3v) is 3.16. The molecule has 92 valence electrons. The molecular weight excluding hydrogens is 266 g/mol. The lowest BCUT2D eigenvalue weighted by Gasteiger charge is -1.96. The van der Waals surface area contributed by atoms with Gasteiger partial charge in [-0.1, -0.05) is 29.8 Å². The van der Waals surface area contributed by atoms with E-state index in [1.54, 1.807) is 6.21 Å². The predicted octanol–water partition coefficient (Wildman–Crippen LogP) is 4.44. The van der Waals surface area contributed by atoms with Gasteiger partial charge in [0.25, 0.3) is 0 Å². The fraction of sp³-hybridized carbons (Fsp3) is 0.0769. The van der Waals surface area contributed by atoms with E-state index in [-0.39, 0.29) is 0 Å². The molecule has 0 aliphatic rings. The van der Waals surface area contributed by atoms with Crippen LogP contribution in [0.25, 0.3) is 11.3 Å². The summed E-state index contributed by atoms with van der Waals surface area (Å²) in [5.41, 5.74) is 4.84. The molecule has 0 radical (unpaired) electrons. The Hall–Kier alpha value is -1.65. The molecule has 0 atom stereocenters. The van der Waals surface area contributed by atoms with Crippen molar-refractivity contribution in [3.05, 3.63) is 46.8 Å². The third-order valence-electron chi connectivity index (χ3n) is 2.16. The number of benzene rings is 1. The molecule has 1 aromatic carbocycles. The van der Waals surface area contributed by atoms with Gasteiger partial charge in [0.2, 0.25) is 5.13 Å². The first-order valence-electron chi connectivity index (χ1n) is 5.41. The van der Waals surface area contributed by atoms with Gasteiger partial charge in [-0.25, -0.2) is 4.98 Å². The molecule has 2 rings (SSSR count). The Labute approximate surface area is 115 Å². The van der Waals surface area contributed by atoms with Crippen LogP contribution in [0.1, 0.15) is 6.92 Å². The zero-order valence-corrected chi connectivity index (χ0v) is 11.4. The van der Waals surface area contributed by atoms with Crippen molar-refractivity contribution in [1.29, 1.82) is 0 Å². The number of hydrazone groups is 1. The van der Waals surface area contributed by atoms with E-state index < -0.39 is 0 Å². The highest BCUT2D eigenvalue weighted by atomic mass is 35.5. The standard InChI is InChI=1S/C13H12ClN3S/c1-2-3-8-15-17-13-16-12(9-18-13)10-4-6-11(14)7-5-10/h2-9H,1H3,(H,16,17). The molecule has 2 aromatic rings. The quantitative estimate of drug-likeness (QED) is 0.663. The van der Waals surface area contributed by atoms with Crippen LogP contribution in [-0.2, 0) is 0 Å². The molecule has 0 fully saturated rings. The Morgan fingerprint density at radius 1 is 1.33 bits per heavy atom. The molecule has 0 amide bonds. The molecule has 0 unspecified atom stereocenters. The number of nitrogens with zero attached hydrogens (tertiary/aromatic N) is 2. The average molecular weight is 278 g/mol. The van der Waals surface area contributed by atoms with E-state index in [9.17, 15) is 0 Å².